The monoisotopic (exact) mass is 1590 g/mol. The number of ether oxygens (including phenoxy) is 24. The molecule has 0 radical (unpaired) electrons. The second-order valence-electron chi connectivity index (χ2n) is 25.6. The molecule has 107 heavy (non-hydrogen) atoms. The fourth-order valence-electron chi connectivity index (χ4n) is 11.1. The van der Waals surface area contributed by atoms with E-state index in [2.05, 4.69) is 34.1 Å². The molecule has 5 rings (SSSR count). The average Bonchev–Trinajstić information content (AvgIpc) is 1.55. The molecule has 3 aromatic rings. The second kappa shape index (κ2) is 61.5. The quantitative estimate of drug-likeness (QED) is 0.0294. The molecule has 3 aromatic carbocycles. The predicted octanol–water partition coefficient (Wildman–Crippen LogP) is 8.18. The largest absolute Gasteiger partial charge is 0.494 e. The average molecular weight is 1600 g/mol. The molecule has 0 unspecified atom stereocenters. The maximum atomic E-state index is 15.8. The molecular formula is C77H126BBrF2O26. The van der Waals surface area contributed by atoms with Crippen LogP contribution in [-0.4, -0.2) is 336 Å². The lowest BCUT2D eigenvalue weighted by Crippen LogP contribution is -2.41. The fourth-order valence-corrected chi connectivity index (χ4v) is 11.4. The first-order chi connectivity index (χ1) is 52.4. The van der Waals surface area contributed by atoms with Crippen LogP contribution in [0.4, 0.5) is 8.78 Å². The summed E-state index contributed by atoms with van der Waals surface area (Å²) < 4.78 is 178. The van der Waals surface area contributed by atoms with Crippen LogP contribution in [0.15, 0.2) is 53.0 Å². The molecule has 1 aliphatic heterocycles. The number of methoxy groups -OCH3 is 2. The standard InChI is InChI=1S/C77H126BBrF2O26/c1-75(2)76(3,4)107-78(106-75)66-10-12-68-67-11-9-65(69-63-74(81)72(79)64-73(69)80)61-70(67)77(71(68)62-66,13-7-15-84-21-23-88-29-31-92-37-39-96-45-47-100-53-55-104-59-57-102-51-49-98-43-41-94-35-33-90-27-25-86-19-17-82-5)14-8-16-85-22-24-89-30-32-93-38-40-97-46-48-101-54-56-105-60-58-103-52-50-99-44-42-95-36-34-91-28-26-87-20-18-83-6/h9-12,61-64H,7-8,13-60H2,1-6H3. The van der Waals surface area contributed by atoms with Crippen LogP contribution >= 0.6 is 15.9 Å². The van der Waals surface area contributed by atoms with E-state index in [1.807, 2.05) is 45.9 Å². The minimum absolute atomic E-state index is 0.0607. The molecule has 1 fully saturated rings. The van der Waals surface area contributed by atoms with Gasteiger partial charge in [-0.2, -0.15) is 0 Å². The maximum absolute atomic E-state index is 15.8. The number of halogens is 3. The normalized spacial score (nSPS) is 14.3. The summed E-state index contributed by atoms with van der Waals surface area (Å²) in [7, 11) is 2.69. The Morgan fingerprint density at radius 1 is 0.290 bits per heavy atom. The third-order valence-electron chi connectivity index (χ3n) is 17.3. The van der Waals surface area contributed by atoms with Gasteiger partial charge in [-0.05, 0) is 121 Å². The van der Waals surface area contributed by atoms with E-state index in [0.29, 0.717) is 335 Å². The van der Waals surface area contributed by atoms with Crippen molar-refractivity contribution in [2.24, 2.45) is 0 Å². The SMILES string of the molecule is COCCOCCOCCOCCOCCOCCOCCOCCOCCOCCOCCOCCCC1(CCCOCCOCCOCCOCCOCCOCCOCCOCCOCCOCCOCCOC)c2cc(B3OC(C)(C)C(C)(C)O3)ccc2-c2ccc(-c3cc(F)c(Br)cc3F)cc21. The maximum Gasteiger partial charge on any atom is 0.494 e. The Labute approximate surface area is 643 Å². The highest BCUT2D eigenvalue weighted by Gasteiger charge is 2.52. The van der Waals surface area contributed by atoms with Gasteiger partial charge in [-0.3, -0.25) is 0 Å². The molecule has 0 spiro atoms. The highest BCUT2D eigenvalue weighted by atomic mass is 79.9. The molecule has 0 amide bonds. The summed E-state index contributed by atoms with van der Waals surface area (Å²) in [6.45, 7) is 30.0. The molecule has 1 heterocycles. The van der Waals surface area contributed by atoms with E-state index in [1.54, 1.807) is 14.2 Å². The van der Waals surface area contributed by atoms with Gasteiger partial charge in [0, 0.05) is 38.4 Å². The first-order valence-electron chi connectivity index (χ1n) is 37.9. The van der Waals surface area contributed by atoms with Gasteiger partial charge in [0.15, 0.2) is 0 Å². The van der Waals surface area contributed by atoms with Crippen LogP contribution in [0.3, 0.4) is 0 Å². The Hall–Kier alpha value is -2.98. The molecule has 0 bridgehead atoms. The molecule has 0 N–H and O–H groups in total. The van der Waals surface area contributed by atoms with Crippen molar-refractivity contribution >= 4 is 28.5 Å². The van der Waals surface area contributed by atoms with Crippen molar-refractivity contribution in [3.8, 4) is 22.3 Å². The Morgan fingerprint density at radius 3 is 0.804 bits per heavy atom. The molecule has 0 aromatic heterocycles. The third kappa shape index (κ3) is 41.1. The van der Waals surface area contributed by atoms with E-state index in [-0.39, 0.29) is 10.0 Å². The van der Waals surface area contributed by atoms with E-state index < -0.39 is 35.4 Å². The zero-order valence-electron chi connectivity index (χ0n) is 64.8. The number of hydrogen-bond donors (Lipinski definition) is 0. The third-order valence-corrected chi connectivity index (χ3v) is 17.9. The van der Waals surface area contributed by atoms with Gasteiger partial charge in [-0.15, -0.1) is 0 Å². The highest BCUT2D eigenvalue weighted by Crippen LogP contribution is 2.55. The van der Waals surface area contributed by atoms with Crippen molar-refractivity contribution < 1.29 is 132 Å². The van der Waals surface area contributed by atoms with Gasteiger partial charge in [0.25, 0.3) is 0 Å². The number of rotatable bonds is 76. The van der Waals surface area contributed by atoms with Gasteiger partial charge in [0.1, 0.15) is 11.6 Å². The van der Waals surface area contributed by atoms with E-state index >= 15 is 8.78 Å². The molecular weight excluding hydrogens is 1470 g/mol. The first-order valence-corrected chi connectivity index (χ1v) is 38.7. The molecule has 2 aliphatic rings. The Morgan fingerprint density at radius 2 is 0.533 bits per heavy atom. The summed E-state index contributed by atoms with van der Waals surface area (Å²) in [5, 5.41) is 0. The number of hydrogen-bond acceptors (Lipinski definition) is 26. The summed E-state index contributed by atoms with van der Waals surface area (Å²) in [5.41, 5.74) is 4.22. The molecule has 1 saturated heterocycles. The predicted molar refractivity (Wildman–Crippen MR) is 402 cm³/mol. The van der Waals surface area contributed by atoms with Crippen molar-refractivity contribution in [3.05, 3.63) is 75.8 Å². The molecule has 26 nitrogen and oxygen atoms in total. The topological polar surface area (TPSA) is 240 Å². The first kappa shape index (κ1) is 94.6. The van der Waals surface area contributed by atoms with E-state index in [1.165, 1.54) is 12.1 Å². The minimum Gasteiger partial charge on any atom is -0.399 e. The van der Waals surface area contributed by atoms with Crippen LogP contribution in [0.1, 0.15) is 64.5 Å². The lowest BCUT2D eigenvalue weighted by Gasteiger charge is -2.33. The zero-order valence-corrected chi connectivity index (χ0v) is 66.4. The highest BCUT2D eigenvalue weighted by molar-refractivity contribution is 9.10. The lowest BCUT2D eigenvalue weighted by atomic mass is 9.69. The summed E-state index contributed by atoms with van der Waals surface area (Å²) in [5.74, 6) is -1.07. The second-order valence-corrected chi connectivity index (χ2v) is 26.5. The van der Waals surface area contributed by atoms with Crippen molar-refractivity contribution in [3.63, 3.8) is 0 Å². The van der Waals surface area contributed by atoms with E-state index in [9.17, 15) is 0 Å². The van der Waals surface area contributed by atoms with Gasteiger partial charge in [-0.25, -0.2) is 8.78 Å². The van der Waals surface area contributed by atoms with Crippen LogP contribution < -0.4 is 5.46 Å². The Balaban J connectivity index is 0.921. The van der Waals surface area contributed by atoms with Crippen LogP contribution in [0.25, 0.3) is 22.3 Å². The van der Waals surface area contributed by atoms with Gasteiger partial charge >= 0.3 is 7.12 Å². The zero-order chi connectivity index (χ0) is 76.2. The summed E-state index contributed by atoms with van der Waals surface area (Å²) in [4.78, 5) is 0. The Bertz CT molecular complexity index is 2550. The minimum atomic E-state index is -0.596. The molecule has 1 aliphatic carbocycles. The van der Waals surface area contributed by atoms with E-state index in [4.69, 9.17) is 123 Å². The van der Waals surface area contributed by atoms with Crippen LogP contribution in [-0.2, 0) is 128 Å². The van der Waals surface area contributed by atoms with E-state index in [0.717, 1.165) is 27.7 Å². The lowest BCUT2D eigenvalue weighted by molar-refractivity contribution is -0.0281. The summed E-state index contributed by atoms with van der Waals surface area (Å²) in [6, 6.07) is 14.8. The van der Waals surface area contributed by atoms with Gasteiger partial charge in [0.05, 0.1) is 306 Å². The fraction of sp³-hybridized carbons (Fsp3) is 0.766. The van der Waals surface area contributed by atoms with Crippen LogP contribution in [0.2, 0.25) is 0 Å². The summed E-state index contributed by atoms with van der Waals surface area (Å²) in [6.07, 6.45) is 2.76. The number of benzene rings is 3. The van der Waals surface area contributed by atoms with Gasteiger partial charge < -0.3 is 123 Å². The Kier molecular flexibility index (Phi) is 54.4. The number of fused-ring (bicyclic) bond motifs is 3. The molecule has 30 heteroatoms. The smallest absolute Gasteiger partial charge is 0.399 e. The van der Waals surface area contributed by atoms with Crippen molar-refractivity contribution in [1.82, 2.24) is 0 Å². The summed E-state index contributed by atoms with van der Waals surface area (Å²) >= 11 is 3.16. The molecule has 0 atom stereocenters. The van der Waals surface area contributed by atoms with Gasteiger partial charge in [0.2, 0.25) is 0 Å². The van der Waals surface area contributed by atoms with Crippen molar-refractivity contribution in [2.75, 3.05) is 318 Å². The molecule has 614 valence electrons. The van der Waals surface area contributed by atoms with Crippen molar-refractivity contribution in [1.29, 1.82) is 0 Å². The van der Waals surface area contributed by atoms with Gasteiger partial charge in [-0.1, -0.05) is 30.3 Å². The van der Waals surface area contributed by atoms with Crippen molar-refractivity contribution in [2.45, 2.75) is 70.0 Å². The van der Waals surface area contributed by atoms with Crippen LogP contribution in [0, 0.1) is 11.6 Å². The molecule has 0 saturated carbocycles. The van der Waals surface area contributed by atoms with Crippen LogP contribution in [0.5, 0.6) is 0 Å².